The first-order chi connectivity index (χ1) is 29.0. The zero-order valence-electron chi connectivity index (χ0n) is 32.5. The molecule has 4 heteroatoms. The quantitative estimate of drug-likeness (QED) is 0.180. The molecule has 0 unspecified atom stereocenters. The molecule has 59 heavy (non-hydrogen) atoms. The Bertz CT molecular complexity index is 3770. The van der Waals surface area contributed by atoms with Crippen molar-refractivity contribution < 1.29 is 4.42 Å². The van der Waals surface area contributed by atoms with Gasteiger partial charge >= 0.3 is 0 Å². The number of furan rings is 1. The van der Waals surface area contributed by atoms with Gasteiger partial charge in [0.2, 0.25) is 0 Å². The number of hydrogen-bond donors (Lipinski definition) is 0. The van der Waals surface area contributed by atoms with Gasteiger partial charge < -0.3 is 8.98 Å². The highest BCUT2D eigenvalue weighted by atomic mass is 16.3. The van der Waals surface area contributed by atoms with Gasteiger partial charge in [0.15, 0.2) is 5.82 Å². The topological polar surface area (TPSA) is 43.9 Å². The van der Waals surface area contributed by atoms with Gasteiger partial charge in [0.25, 0.3) is 0 Å². The molecule has 0 saturated heterocycles. The molecule has 12 aromatic rings. The third kappa shape index (κ3) is 4.43. The maximum Gasteiger partial charge on any atom is 0.161 e. The second-order valence-corrected chi connectivity index (χ2v) is 16.5. The summed E-state index contributed by atoms with van der Waals surface area (Å²) in [6.07, 6.45) is 0. The summed E-state index contributed by atoms with van der Waals surface area (Å²) in [5.74, 6) is 0.693. The summed E-state index contributed by atoms with van der Waals surface area (Å²) in [4.78, 5) is 10.7. The van der Waals surface area contributed by atoms with E-state index < -0.39 is 0 Å². The van der Waals surface area contributed by atoms with Crippen LogP contribution in [-0.2, 0) is 5.41 Å². The summed E-state index contributed by atoms with van der Waals surface area (Å²) < 4.78 is 8.81. The van der Waals surface area contributed by atoms with E-state index in [9.17, 15) is 0 Å². The SMILES string of the molecule is CC1(C)c2cc3c(cc2-c2ccc4ccccc4c21)c1ccccc1n3-c1ccc(-c2nc(-c3cccc4oc5ccccc5c34)c3ccccc3n2)c2ccccc12. The number of rotatable bonds is 3. The average molecular weight is 754 g/mol. The molecule has 3 heterocycles. The lowest BCUT2D eigenvalue weighted by molar-refractivity contribution is 0.667. The van der Waals surface area contributed by atoms with Crippen molar-refractivity contribution in [3.63, 3.8) is 0 Å². The van der Waals surface area contributed by atoms with Gasteiger partial charge in [0.1, 0.15) is 11.2 Å². The normalized spacial score (nSPS) is 13.4. The Morgan fingerprint density at radius 2 is 1.15 bits per heavy atom. The number of para-hydroxylation sites is 3. The first kappa shape index (κ1) is 32.5. The van der Waals surface area contributed by atoms with Gasteiger partial charge in [0.05, 0.1) is 27.9 Å². The van der Waals surface area contributed by atoms with Crippen LogP contribution in [0.4, 0.5) is 0 Å². The van der Waals surface area contributed by atoms with E-state index in [0.717, 1.165) is 66.1 Å². The van der Waals surface area contributed by atoms with Crippen LogP contribution < -0.4 is 0 Å². The van der Waals surface area contributed by atoms with E-state index >= 15 is 0 Å². The van der Waals surface area contributed by atoms with E-state index in [0.29, 0.717) is 5.82 Å². The molecule has 0 bridgehead atoms. The Kier molecular flexibility index (Phi) is 6.48. The Labute approximate surface area is 339 Å². The number of nitrogens with zero attached hydrogens (tertiary/aromatic N) is 3. The lowest BCUT2D eigenvalue weighted by atomic mass is 9.80. The molecule has 1 aliphatic rings. The molecule has 1 aliphatic carbocycles. The van der Waals surface area contributed by atoms with Crippen molar-refractivity contribution in [1.29, 1.82) is 0 Å². The molecule has 0 N–H and O–H groups in total. The molecule has 13 rings (SSSR count). The molecule has 0 amide bonds. The van der Waals surface area contributed by atoms with Crippen molar-refractivity contribution in [2.45, 2.75) is 19.3 Å². The zero-order valence-corrected chi connectivity index (χ0v) is 32.5. The minimum Gasteiger partial charge on any atom is -0.456 e. The molecule has 0 aliphatic heterocycles. The van der Waals surface area contributed by atoms with Gasteiger partial charge in [0, 0.05) is 48.9 Å². The van der Waals surface area contributed by atoms with Crippen LogP contribution in [0, 0.1) is 0 Å². The Morgan fingerprint density at radius 1 is 0.458 bits per heavy atom. The maximum absolute atomic E-state index is 6.33. The first-order valence-corrected chi connectivity index (χ1v) is 20.3. The van der Waals surface area contributed by atoms with E-state index in [2.05, 4.69) is 176 Å². The Morgan fingerprint density at radius 3 is 2.03 bits per heavy atom. The van der Waals surface area contributed by atoms with Crippen molar-refractivity contribution in [2.75, 3.05) is 0 Å². The molecule has 9 aromatic carbocycles. The van der Waals surface area contributed by atoms with Crippen molar-refractivity contribution >= 4 is 76.2 Å². The summed E-state index contributed by atoms with van der Waals surface area (Å²) in [7, 11) is 0. The highest BCUT2D eigenvalue weighted by Crippen LogP contribution is 2.53. The Balaban J connectivity index is 1.05. The summed E-state index contributed by atoms with van der Waals surface area (Å²) >= 11 is 0. The second kappa shape index (κ2) is 11.7. The van der Waals surface area contributed by atoms with Gasteiger partial charge in [-0.2, -0.15) is 0 Å². The number of benzene rings is 9. The minimum atomic E-state index is -0.175. The molecule has 0 spiro atoms. The predicted molar refractivity (Wildman–Crippen MR) is 245 cm³/mol. The molecule has 0 atom stereocenters. The van der Waals surface area contributed by atoms with Gasteiger partial charge in [-0.15, -0.1) is 0 Å². The molecular weight excluding hydrogens is 719 g/mol. The van der Waals surface area contributed by atoms with Gasteiger partial charge in [-0.25, -0.2) is 9.97 Å². The summed E-state index contributed by atoms with van der Waals surface area (Å²) in [5.41, 5.74) is 14.3. The summed E-state index contributed by atoms with van der Waals surface area (Å²) in [5, 5.41) is 10.5. The van der Waals surface area contributed by atoms with Crippen molar-refractivity contribution in [3.8, 4) is 39.5 Å². The third-order valence-electron chi connectivity index (χ3n) is 13.0. The lowest BCUT2D eigenvalue weighted by Crippen LogP contribution is -2.15. The second-order valence-electron chi connectivity index (χ2n) is 16.5. The molecule has 0 fully saturated rings. The van der Waals surface area contributed by atoms with Crippen LogP contribution in [0.2, 0.25) is 0 Å². The maximum atomic E-state index is 6.33. The molecule has 3 aromatic heterocycles. The molecule has 0 radical (unpaired) electrons. The molecule has 276 valence electrons. The average Bonchev–Trinajstić information content (AvgIpc) is 3.90. The van der Waals surface area contributed by atoms with Crippen LogP contribution >= 0.6 is 0 Å². The van der Waals surface area contributed by atoms with E-state index in [1.807, 2.05) is 18.2 Å². The van der Waals surface area contributed by atoms with Crippen molar-refractivity contribution in [3.05, 3.63) is 187 Å². The van der Waals surface area contributed by atoms with Crippen molar-refractivity contribution in [1.82, 2.24) is 14.5 Å². The van der Waals surface area contributed by atoms with Crippen LogP contribution in [0.3, 0.4) is 0 Å². The van der Waals surface area contributed by atoms with Crippen LogP contribution in [0.1, 0.15) is 25.0 Å². The highest BCUT2D eigenvalue weighted by molar-refractivity contribution is 6.16. The fraction of sp³-hybridized carbons (Fsp3) is 0.0545. The van der Waals surface area contributed by atoms with E-state index in [1.165, 1.54) is 54.8 Å². The van der Waals surface area contributed by atoms with Gasteiger partial charge in [-0.3, -0.25) is 0 Å². The van der Waals surface area contributed by atoms with E-state index in [4.69, 9.17) is 14.4 Å². The number of fused-ring (bicyclic) bond motifs is 13. The summed E-state index contributed by atoms with van der Waals surface area (Å²) in [6.45, 7) is 4.78. The van der Waals surface area contributed by atoms with Crippen LogP contribution in [0.5, 0.6) is 0 Å². The monoisotopic (exact) mass is 753 g/mol. The standard InChI is InChI=1S/C55H35N3O/c1-55(2)44-31-48-43(30-42(44)37-27-26-32-14-3-4-15-33(32)52(37)55)36-18-8-11-23-46(36)58(48)47-29-28-38(34-16-5-6-17-35(34)47)54-56-45-22-10-7-19-39(45)53(57-54)41-21-13-25-50-51(41)40-20-9-12-24-49(40)59-50/h3-31H,1-2H3. The molecular formula is C55H35N3O. The molecule has 4 nitrogen and oxygen atoms in total. The fourth-order valence-electron chi connectivity index (χ4n) is 10.4. The number of aromatic nitrogens is 3. The number of hydrogen-bond acceptors (Lipinski definition) is 3. The Hall–Kier alpha value is -7.56. The van der Waals surface area contributed by atoms with E-state index in [-0.39, 0.29) is 5.41 Å². The zero-order chi connectivity index (χ0) is 39.0. The van der Waals surface area contributed by atoms with Crippen molar-refractivity contribution in [2.24, 2.45) is 0 Å². The lowest BCUT2D eigenvalue weighted by Gasteiger charge is -2.23. The van der Waals surface area contributed by atoms with Gasteiger partial charge in [-0.1, -0.05) is 141 Å². The highest BCUT2D eigenvalue weighted by Gasteiger charge is 2.38. The smallest absolute Gasteiger partial charge is 0.161 e. The van der Waals surface area contributed by atoms with Gasteiger partial charge in [-0.05, 0) is 86.9 Å². The van der Waals surface area contributed by atoms with Crippen LogP contribution in [0.15, 0.2) is 180 Å². The summed E-state index contributed by atoms with van der Waals surface area (Å²) in [6, 6.07) is 63.3. The first-order valence-electron chi connectivity index (χ1n) is 20.3. The van der Waals surface area contributed by atoms with Crippen LogP contribution in [0.25, 0.3) is 116 Å². The third-order valence-corrected chi connectivity index (χ3v) is 13.0. The minimum absolute atomic E-state index is 0.175. The van der Waals surface area contributed by atoms with Crippen LogP contribution in [-0.4, -0.2) is 14.5 Å². The molecule has 0 saturated carbocycles. The fourth-order valence-corrected chi connectivity index (χ4v) is 10.4. The van der Waals surface area contributed by atoms with E-state index in [1.54, 1.807) is 0 Å². The largest absolute Gasteiger partial charge is 0.456 e. The predicted octanol–water partition coefficient (Wildman–Crippen LogP) is 14.6.